The van der Waals surface area contributed by atoms with Crippen molar-refractivity contribution in [1.82, 2.24) is 19.4 Å². The van der Waals surface area contributed by atoms with Gasteiger partial charge in [-0.15, -0.1) is 0 Å². The van der Waals surface area contributed by atoms with Gasteiger partial charge in [-0.25, -0.2) is 8.42 Å². The molecule has 0 radical (unpaired) electrons. The Kier molecular flexibility index (Phi) is 4.22. The highest BCUT2D eigenvalue weighted by molar-refractivity contribution is 7.89. The maximum atomic E-state index is 13.5. The first kappa shape index (κ1) is 17.1. The summed E-state index contributed by atoms with van der Waals surface area (Å²) in [7, 11) is -3.81. The molecule has 0 saturated carbocycles. The number of ether oxygens (including phenoxy) is 1. The first-order valence-electron chi connectivity index (χ1n) is 8.22. The summed E-state index contributed by atoms with van der Waals surface area (Å²) in [5.41, 5.74) is 1.60. The fourth-order valence-electron chi connectivity index (χ4n) is 3.16. The van der Waals surface area contributed by atoms with Crippen LogP contribution >= 0.6 is 0 Å². The van der Waals surface area contributed by atoms with Gasteiger partial charge in [0.15, 0.2) is 5.82 Å². The second kappa shape index (κ2) is 6.42. The van der Waals surface area contributed by atoms with Gasteiger partial charge in [0.25, 0.3) is 0 Å². The summed E-state index contributed by atoms with van der Waals surface area (Å²) in [6.07, 6.45) is 1.66. The van der Waals surface area contributed by atoms with Crippen LogP contribution in [-0.4, -0.2) is 47.6 Å². The van der Waals surface area contributed by atoms with Crippen LogP contribution in [0, 0.1) is 13.8 Å². The number of hydrogen-bond donors (Lipinski definition) is 0. The van der Waals surface area contributed by atoms with E-state index in [0.717, 1.165) is 5.56 Å². The first-order valence-corrected chi connectivity index (χ1v) is 9.66. The number of rotatable bonds is 3. The Bertz CT molecular complexity index is 1060. The Hall–Kier alpha value is -2.36. The van der Waals surface area contributed by atoms with Crippen molar-refractivity contribution in [3.63, 3.8) is 0 Å². The molecule has 4 rings (SSSR count). The van der Waals surface area contributed by atoms with Crippen LogP contribution in [0.2, 0.25) is 0 Å². The van der Waals surface area contributed by atoms with Gasteiger partial charge in [0, 0.05) is 18.1 Å². The minimum atomic E-state index is -3.81. The molecule has 1 aromatic carbocycles. The number of morpholine rings is 1. The SMILES string of the molecule is Cc1noc([C@H]2COCCN2S(=O)(=O)c2ccc(C)c3ncccc23)n1. The second-order valence-electron chi connectivity index (χ2n) is 6.17. The number of pyridine rings is 1. The van der Waals surface area contributed by atoms with Gasteiger partial charge in [0.1, 0.15) is 6.04 Å². The summed E-state index contributed by atoms with van der Waals surface area (Å²) < 4.78 is 39.0. The minimum absolute atomic E-state index is 0.170. The van der Waals surface area contributed by atoms with Gasteiger partial charge in [0.05, 0.1) is 23.6 Å². The molecule has 0 bridgehead atoms. The maximum Gasteiger partial charge on any atom is 0.247 e. The Morgan fingerprint density at radius 3 is 2.85 bits per heavy atom. The summed E-state index contributed by atoms with van der Waals surface area (Å²) in [6.45, 7) is 4.29. The lowest BCUT2D eigenvalue weighted by molar-refractivity contribution is 0.0203. The highest BCUT2D eigenvalue weighted by atomic mass is 32.2. The van der Waals surface area contributed by atoms with Crippen molar-refractivity contribution in [3.8, 4) is 0 Å². The fourth-order valence-corrected chi connectivity index (χ4v) is 4.89. The predicted molar refractivity (Wildman–Crippen MR) is 93.0 cm³/mol. The molecule has 1 aliphatic heterocycles. The topological polar surface area (TPSA) is 98.4 Å². The number of benzene rings is 1. The largest absolute Gasteiger partial charge is 0.378 e. The lowest BCUT2D eigenvalue weighted by Gasteiger charge is -2.32. The van der Waals surface area contributed by atoms with Crippen LogP contribution in [0.3, 0.4) is 0 Å². The molecule has 0 N–H and O–H groups in total. The maximum absolute atomic E-state index is 13.5. The molecule has 8 nitrogen and oxygen atoms in total. The molecule has 0 amide bonds. The van der Waals surface area contributed by atoms with E-state index in [4.69, 9.17) is 9.26 Å². The average Bonchev–Trinajstić information content (AvgIpc) is 3.08. The fraction of sp³-hybridized carbons (Fsp3) is 0.353. The summed E-state index contributed by atoms with van der Waals surface area (Å²) >= 11 is 0. The summed E-state index contributed by atoms with van der Waals surface area (Å²) in [5.74, 6) is 0.688. The Balaban J connectivity index is 1.84. The molecule has 9 heteroatoms. The third kappa shape index (κ3) is 2.77. The predicted octanol–water partition coefficient (Wildman–Crippen LogP) is 2.00. The van der Waals surface area contributed by atoms with Crippen molar-refractivity contribution in [2.45, 2.75) is 24.8 Å². The van der Waals surface area contributed by atoms with E-state index in [1.54, 1.807) is 37.4 Å². The van der Waals surface area contributed by atoms with E-state index in [1.165, 1.54) is 4.31 Å². The van der Waals surface area contributed by atoms with Crippen molar-refractivity contribution >= 4 is 20.9 Å². The number of sulfonamides is 1. The van der Waals surface area contributed by atoms with Gasteiger partial charge in [-0.2, -0.15) is 9.29 Å². The summed E-state index contributed by atoms with van der Waals surface area (Å²) in [4.78, 5) is 8.74. The molecule has 3 heterocycles. The molecule has 1 atom stereocenters. The monoisotopic (exact) mass is 374 g/mol. The van der Waals surface area contributed by atoms with E-state index in [1.807, 2.05) is 6.92 Å². The van der Waals surface area contributed by atoms with Crippen molar-refractivity contribution in [2.75, 3.05) is 19.8 Å². The number of aryl methyl sites for hydroxylation is 2. The molecule has 1 fully saturated rings. The Morgan fingerprint density at radius 2 is 2.08 bits per heavy atom. The lowest BCUT2D eigenvalue weighted by atomic mass is 10.1. The summed E-state index contributed by atoms with van der Waals surface area (Å²) in [5, 5.41) is 4.37. The van der Waals surface area contributed by atoms with Gasteiger partial charge in [-0.05, 0) is 37.6 Å². The van der Waals surface area contributed by atoms with Crippen LogP contribution in [0.1, 0.15) is 23.3 Å². The second-order valence-corrected chi connectivity index (χ2v) is 8.03. The summed E-state index contributed by atoms with van der Waals surface area (Å²) in [6, 6.07) is 6.25. The first-order chi connectivity index (χ1) is 12.5. The van der Waals surface area contributed by atoms with Crippen molar-refractivity contribution in [2.24, 2.45) is 0 Å². The van der Waals surface area contributed by atoms with Crippen molar-refractivity contribution < 1.29 is 17.7 Å². The van der Waals surface area contributed by atoms with E-state index in [9.17, 15) is 8.42 Å². The van der Waals surface area contributed by atoms with Crippen LogP contribution in [0.25, 0.3) is 10.9 Å². The number of nitrogens with zero attached hydrogens (tertiary/aromatic N) is 4. The van der Waals surface area contributed by atoms with E-state index in [0.29, 0.717) is 23.3 Å². The molecule has 136 valence electrons. The third-order valence-electron chi connectivity index (χ3n) is 4.43. The molecule has 0 unspecified atom stereocenters. The van der Waals surface area contributed by atoms with Crippen LogP contribution in [0.4, 0.5) is 0 Å². The Labute approximate surface area is 150 Å². The molecular weight excluding hydrogens is 356 g/mol. The van der Waals surface area contributed by atoms with Gasteiger partial charge in [0.2, 0.25) is 15.9 Å². The van der Waals surface area contributed by atoms with Gasteiger partial charge >= 0.3 is 0 Å². The van der Waals surface area contributed by atoms with Gasteiger partial charge in [-0.3, -0.25) is 4.98 Å². The molecule has 2 aromatic heterocycles. The highest BCUT2D eigenvalue weighted by Crippen LogP contribution is 2.33. The normalized spacial score (nSPS) is 19.1. The van der Waals surface area contributed by atoms with Gasteiger partial charge < -0.3 is 9.26 Å². The van der Waals surface area contributed by atoms with Crippen LogP contribution in [0.15, 0.2) is 39.9 Å². The quantitative estimate of drug-likeness (QED) is 0.691. The van der Waals surface area contributed by atoms with E-state index in [-0.39, 0.29) is 23.9 Å². The molecule has 3 aromatic rings. The lowest BCUT2D eigenvalue weighted by Crippen LogP contribution is -2.43. The zero-order chi connectivity index (χ0) is 18.3. The molecule has 0 aliphatic carbocycles. The molecular formula is C17H18N4O4S. The van der Waals surface area contributed by atoms with Crippen LogP contribution in [-0.2, 0) is 14.8 Å². The Morgan fingerprint density at radius 1 is 1.23 bits per heavy atom. The van der Waals surface area contributed by atoms with Crippen molar-refractivity contribution in [3.05, 3.63) is 47.7 Å². The minimum Gasteiger partial charge on any atom is -0.378 e. The number of aromatic nitrogens is 3. The van der Waals surface area contributed by atoms with Crippen LogP contribution < -0.4 is 0 Å². The standard InChI is InChI=1S/C17H18N4O4S/c1-11-5-6-15(13-4-3-7-18-16(11)13)26(22,23)21-8-9-24-10-14(21)17-19-12(2)20-25-17/h3-7,14H,8-10H2,1-2H3/t14-/m1/s1. The molecule has 1 saturated heterocycles. The molecule has 26 heavy (non-hydrogen) atoms. The van der Waals surface area contributed by atoms with E-state index >= 15 is 0 Å². The smallest absolute Gasteiger partial charge is 0.247 e. The zero-order valence-corrected chi connectivity index (χ0v) is 15.2. The van der Waals surface area contributed by atoms with Crippen molar-refractivity contribution in [1.29, 1.82) is 0 Å². The highest BCUT2D eigenvalue weighted by Gasteiger charge is 2.39. The molecule has 0 spiro atoms. The van der Waals surface area contributed by atoms with Crippen LogP contribution in [0.5, 0.6) is 0 Å². The average molecular weight is 374 g/mol. The van der Waals surface area contributed by atoms with Gasteiger partial charge in [-0.1, -0.05) is 11.2 Å². The van der Waals surface area contributed by atoms with E-state index < -0.39 is 16.1 Å². The zero-order valence-electron chi connectivity index (χ0n) is 14.4. The third-order valence-corrected chi connectivity index (χ3v) is 6.39. The van der Waals surface area contributed by atoms with E-state index in [2.05, 4.69) is 15.1 Å². The molecule has 1 aliphatic rings. The number of fused-ring (bicyclic) bond motifs is 1. The number of hydrogen-bond acceptors (Lipinski definition) is 7.